The van der Waals surface area contributed by atoms with Crippen LogP contribution >= 0.6 is 0 Å². The number of pyridine rings is 1. The third-order valence-corrected chi connectivity index (χ3v) is 3.29. The fourth-order valence-corrected chi connectivity index (χ4v) is 2.20. The van der Waals surface area contributed by atoms with Crippen LogP contribution < -0.4 is 5.32 Å². The summed E-state index contributed by atoms with van der Waals surface area (Å²) in [4.78, 5) is 16.5. The molecule has 5 nitrogen and oxygen atoms in total. The number of imidazole rings is 1. The molecule has 0 fully saturated rings. The summed E-state index contributed by atoms with van der Waals surface area (Å²) in [6.45, 7) is -0.164. The van der Waals surface area contributed by atoms with E-state index in [9.17, 15) is 9.90 Å². The monoisotopic (exact) mass is 281 g/mol. The molecule has 1 aromatic carbocycles. The molecule has 0 aliphatic rings. The van der Waals surface area contributed by atoms with E-state index < -0.39 is 6.04 Å². The van der Waals surface area contributed by atoms with E-state index in [0.717, 1.165) is 5.56 Å². The second kappa shape index (κ2) is 5.76. The number of fused-ring (bicyclic) bond motifs is 1. The maximum atomic E-state index is 12.3. The molecule has 0 aliphatic heterocycles. The van der Waals surface area contributed by atoms with Gasteiger partial charge in [0.25, 0.3) is 5.91 Å². The second-order valence-electron chi connectivity index (χ2n) is 4.71. The van der Waals surface area contributed by atoms with Crippen LogP contribution in [0.3, 0.4) is 0 Å². The molecule has 2 N–H and O–H groups in total. The summed E-state index contributed by atoms with van der Waals surface area (Å²) in [5.74, 6) is -0.304. The van der Waals surface area contributed by atoms with Crippen LogP contribution in [-0.2, 0) is 0 Å². The molecule has 21 heavy (non-hydrogen) atoms. The van der Waals surface area contributed by atoms with Crippen LogP contribution in [0, 0.1) is 0 Å². The molecular weight excluding hydrogens is 266 g/mol. The quantitative estimate of drug-likeness (QED) is 0.766. The van der Waals surface area contributed by atoms with Crippen molar-refractivity contribution in [3.05, 3.63) is 72.2 Å². The van der Waals surface area contributed by atoms with Gasteiger partial charge in [-0.15, -0.1) is 0 Å². The molecule has 0 radical (unpaired) electrons. The Bertz CT molecular complexity index is 719. The highest BCUT2D eigenvalue weighted by Gasteiger charge is 2.16. The highest BCUT2D eigenvalue weighted by molar-refractivity contribution is 5.93. The number of carbonyl (C=O) groups excluding carboxylic acids is 1. The van der Waals surface area contributed by atoms with Crippen molar-refractivity contribution in [3.8, 4) is 0 Å². The van der Waals surface area contributed by atoms with Crippen LogP contribution in [0.4, 0.5) is 0 Å². The molecule has 0 saturated heterocycles. The highest BCUT2D eigenvalue weighted by atomic mass is 16.3. The molecule has 3 aromatic rings. The van der Waals surface area contributed by atoms with Crippen LogP contribution in [0.5, 0.6) is 0 Å². The zero-order valence-electron chi connectivity index (χ0n) is 11.3. The first-order valence-corrected chi connectivity index (χ1v) is 6.68. The number of carbonyl (C=O) groups is 1. The van der Waals surface area contributed by atoms with Gasteiger partial charge in [0.15, 0.2) is 0 Å². The molecule has 5 heteroatoms. The summed E-state index contributed by atoms with van der Waals surface area (Å²) in [5.41, 5.74) is 1.90. The standard InChI is InChI=1S/C16H15N3O2/c20-11-14(12-6-2-1-3-7-12)18-16(21)13-10-19-9-5-4-8-15(19)17-13/h1-10,14,20H,11H2,(H,18,21)/t14-/m1/s1. The van der Waals surface area contributed by atoms with Crippen molar-refractivity contribution >= 4 is 11.6 Å². The third kappa shape index (κ3) is 2.78. The molecule has 0 unspecified atom stereocenters. The van der Waals surface area contributed by atoms with Crippen LogP contribution in [0.1, 0.15) is 22.1 Å². The van der Waals surface area contributed by atoms with Crippen molar-refractivity contribution < 1.29 is 9.90 Å². The Morgan fingerprint density at radius 3 is 2.67 bits per heavy atom. The van der Waals surface area contributed by atoms with Gasteiger partial charge in [-0.3, -0.25) is 4.79 Å². The highest BCUT2D eigenvalue weighted by Crippen LogP contribution is 2.13. The molecule has 0 bridgehead atoms. The number of nitrogens with zero attached hydrogens (tertiary/aromatic N) is 2. The fraction of sp³-hybridized carbons (Fsp3) is 0.125. The predicted molar refractivity (Wildman–Crippen MR) is 78.9 cm³/mol. The van der Waals surface area contributed by atoms with Gasteiger partial charge in [0.2, 0.25) is 0 Å². The van der Waals surface area contributed by atoms with Crippen LogP contribution in [0.2, 0.25) is 0 Å². The van der Waals surface area contributed by atoms with E-state index in [4.69, 9.17) is 0 Å². The summed E-state index contributed by atoms with van der Waals surface area (Å²) in [7, 11) is 0. The SMILES string of the molecule is O=C(N[C@H](CO)c1ccccc1)c1cn2ccccc2n1. The lowest BCUT2D eigenvalue weighted by Gasteiger charge is -2.15. The van der Waals surface area contributed by atoms with Crippen LogP contribution in [0.15, 0.2) is 60.9 Å². The van der Waals surface area contributed by atoms with Crippen LogP contribution in [0.25, 0.3) is 5.65 Å². The van der Waals surface area contributed by atoms with Gasteiger partial charge in [0.1, 0.15) is 11.3 Å². The van der Waals surface area contributed by atoms with Gasteiger partial charge in [-0.05, 0) is 17.7 Å². The Hall–Kier alpha value is -2.66. The maximum Gasteiger partial charge on any atom is 0.272 e. The van der Waals surface area contributed by atoms with Crippen LogP contribution in [-0.4, -0.2) is 27.0 Å². The van der Waals surface area contributed by atoms with E-state index >= 15 is 0 Å². The minimum atomic E-state index is -0.441. The number of amides is 1. The maximum absolute atomic E-state index is 12.3. The number of aliphatic hydroxyl groups excluding tert-OH is 1. The molecule has 106 valence electrons. The number of hydrogen-bond acceptors (Lipinski definition) is 3. The molecule has 2 heterocycles. The summed E-state index contributed by atoms with van der Waals surface area (Å²) in [6, 6.07) is 14.5. The molecule has 0 spiro atoms. The van der Waals surface area contributed by atoms with E-state index in [2.05, 4.69) is 10.3 Å². The Morgan fingerprint density at radius 1 is 1.19 bits per heavy atom. The number of hydrogen-bond donors (Lipinski definition) is 2. The lowest BCUT2D eigenvalue weighted by molar-refractivity contribution is 0.0911. The van der Waals surface area contributed by atoms with Gasteiger partial charge in [-0.25, -0.2) is 4.98 Å². The Labute approximate surface area is 121 Å². The van der Waals surface area contributed by atoms with E-state index in [1.54, 1.807) is 10.6 Å². The molecule has 0 saturated carbocycles. The summed E-state index contributed by atoms with van der Waals surface area (Å²) < 4.78 is 1.78. The fourth-order valence-electron chi connectivity index (χ4n) is 2.20. The molecule has 3 rings (SSSR count). The third-order valence-electron chi connectivity index (χ3n) is 3.29. The second-order valence-corrected chi connectivity index (χ2v) is 4.71. The van der Waals surface area contributed by atoms with Crippen molar-refractivity contribution in [2.75, 3.05) is 6.61 Å². The molecule has 2 aromatic heterocycles. The summed E-state index contributed by atoms with van der Waals surface area (Å²) >= 11 is 0. The van der Waals surface area contributed by atoms with Crippen molar-refractivity contribution in [2.24, 2.45) is 0 Å². The average Bonchev–Trinajstić information content (AvgIpc) is 2.97. The van der Waals surface area contributed by atoms with E-state index in [1.807, 2.05) is 54.7 Å². The first-order valence-electron chi connectivity index (χ1n) is 6.68. The number of rotatable bonds is 4. The molecular formula is C16H15N3O2. The Kier molecular flexibility index (Phi) is 3.66. The zero-order chi connectivity index (χ0) is 14.7. The van der Waals surface area contributed by atoms with Gasteiger partial charge >= 0.3 is 0 Å². The lowest BCUT2D eigenvalue weighted by atomic mass is 10.1. The van der Waals surface area contributed by atoms with Gasteiger partial charge in [0.05, 0.1) is 12.6 Å². The molecule has 0 aliphatic carbocycles. The first-order chi connectivity index (χ1) is 10.3. The number of aliphatic hydroxyl groups is 1. The van der Waals surface area contributed by atoms with Gasteiger partial charge in [-0.2, -0.15) is 0 Å². The summed E-state index contributed by atoms with van der Waals surface area (Å²) in [6.07, 6.45) is 3.50. The number of benzene rings is 1. The number of aromatic nitrogens is 2. The van der Waals surface area contributed by atoms with E-state index in [0.29, 0.717) is 11.3 Å². The minimum Gasteiger partial charge on any atom is -0.394 e. The predicted octanol–water partition coefficient (Wildman–Crippen LogP) is 1.80. The zero-order valence-corrected chi connectivity index (χ0v) is 11.3. The Balaban J connectivity index is 1.81. The molecule has 1 amide bonds. The van der Waals surface area contributed by atoms with Crippen molar-refractivity contribution in [1.82, 2.24) is 14.7 Å². The Morgan fingerprint density at radius 2 is 1.95 bits per heavy atom. The summed E-state index contributed by atoms with van der Waals surface area (Å²) in [5, 5.41) is 12.3. The normalized spacial score (nSPS) is 12.2. The average molecular weight is 281 g/mol. The van der Waals surface area contributed by atoms with Gasteiger partial charge in [-0.1, -0.05) is 36.4 Å². The van der Waals surface area contributed by atoms with Crippen molar-refractivity contribution in [1.29, 1.82) is 0 Å². The van der Waals surface area contributed by atoms with E-state index in [-0.39, 0.29) is 12.5 Å². The van der Waals surface area contributed by atoms with Gasteiger partial charge in [0, 0.05) is 12.4 Å². The first kappa shape index (κ1) is 13.3. The van der Waals surface area contributed by atoms with Crippen molar-refractivity contribution in [2.45, 2.75) is 6.04 Å². The molecule has 1 atom stereocenters. The van der Waals surface area contributed by atoms with E-state index in [1.165, 1.54) is 0 Å². The van der Waals surface area contributed by atoms with Crippen molar-refractivity contribution in [3.63, 3.8) is 0 Å². The smallest absolute Gasteiger partial charge is 0.272 e. The largest absolute Gasteiger partial charge is 0.394 e. The minimum absolute atomic E-state index is 0.164. The lowest BCUT2D eigenvalue weighted by Crippen LogP contribution is -2.31. The van der Waals surface area contributed by atoms with Gasteiger partial charge < -0.3 is 14.8 Å². The number of nitrogens with one attached hydrogen (secondary N) is 1. The topological polar surface area (TPSA) is 66.6 Å².